The quantitative estimate of drug-likeness (QED) is 0.677. The van der Waals surface area contributed by atoms with Crippen LogP contribution in [0.2, 0.25) is 0 Å². The molecule has 0 amide bonds. The van der Waals surface area contributed by atoms with E-state index in [-0.39, 0.29) is 16.7 Å². The summed E-state index contributed by atoms with van der Waals surface area (Å²) in [6.45, 7) is 1.21. The van der Waals surface area contributed by atoms with Gasteiger partial charge in [-0.25, -0.2) is 13.1 Å². The van der Waals surface area contributed by atoms with E-state index in [9.17, 15) is 13.5 Å². The largest absolute Gasteiger partial charge is 0.508 e. The highest BCUT2D eigenvalue weighted by atomic mass is 32.2. The number of aromatic nitrogens is 1. The van der Waals surface area contributed by atoms with Crippen LogP contribution in [0.25, 0.3) is 10.9 Å². The van der Waals surface area contributed by atoms with Gasteiger partial charge in [0.1, 0.15) is 5.75 Å². The van der Waals surface area contributed by atoms with Crippen LogP contribution in [0.4, 0.5) is 5.69 Å². The van der Waals surface area contributed by atoms with Gasteiger partial charge >= 0.3 is 0 Å². The molecule has 1 saturated heterocycles. The van der Waals surface area contributed by atoms with E-state index in [2.05, 4.69) is 14.6 Å². The molecular weight excluding hydrogens is 326 g/mol. The summed E-state index contributed by atoms with van der Waals surface area (Å²) in [5, 5.41) is 10.3. The van der Waals surface area contributed by atoms with Gasteiger partial charge < -0.3 is 15.0 Å². The molecule has 1 aliphatic heterocycles. The van der Waals surface area contributed by atoms with E-state index in [0.717, 1.165) is 16.6 Å². The van der Waals surface area contributed by atoms with Crippen molar-refractivity contribution in [3.05, 3.63) is 54.7 Å². The van der Waals surface area contributed by atoms with Gasteiger partial charge in [-0.2, -0.15) is 0 Å². The van der Waals surface area contributed by atoms with Gasteiger partial charge in [0, 0.05) is 30.5 Å². The van der Waals surface area contributed by atoms with Crippen molar-refractivity contribution < 1.29 is 13.5 Å². The maximum absolute atomic E-state index is 12.5. The van der Waals surface area contributed by atoms with E-state index in [1.54, 1.807) is 36.5 Å². The summed E-state index contributed by atoms with van der Waals surface area (Å²) >= 11 is 0. The standard InChI is InChI=1S/C17H17N3O3S/c21-15-4-2-14(3-5-15)20-10-13(11-20)19-24(22,23)16-6-1-12-7-8-18-17(12)9-16/h1-9,13,18-19,21H,10-11H2. The monoisotopic (exact) mass is 343 g/mol. The number of hydrogen-bond donors (Lipinski definition) is 3. The summed E-state index contributed by atoms with van der Waals surface area (Å²) in [7, 11) is -3.54. The highest BCUT2D eigenvalue weighted by Gasteiger charge is 2.31. The number of phenolic OH excluding ortho intramolecular Hbond substituents is 1. The minimum absolute atomic E-state index is 0.122. The molecule has 0 atom stereocenters. The molecule has 0 bridgehead atoms. The number of H-pyrrole nitrogens is 1. The van der Waals surface area contributed by atoms with Gasteiger partial charge in [-0.1, -0.05) is 6.07 Å². The predicted octanol–water partition coefficient (Wildman–Crippen LogP) is 2.04. The molecule has 4 rings (SSSR count). The van der Waals surface area contributed by atoms with E-state index in [4.69, 9.17) is 0 Å². The Hall–Kier alpha value is -2.51. The normalized spacial score (nSPS) is 15.6. The molecule has 124 valence electrons. The first-order chi connectivity index (χ1) is 11.5. The Morgan fingerprint density at radius 1 is 1.08 bits per heavy atom. The van der Waals surface area contributed by atoms with Crippen LogP contribution >= 0.6 is 0 Å². The van der Waals surface area contributed by atoms with Crippen molar-refractivity contribution in [3.63, 3.8) is 0 Å². The number of aromatic amines is 1. The van der Waals surface area contributed by atoms with Crippen LogP contribution in [0.3, 0.4) is 0 Å². The molecule has 1 aromatic heterocycles. The van der Waals surface area contributed by atoms with Crippen molar-refractivity contribution in [1.29, 1.82) is 0 Å². The Kier molecular flexibility index (Phi) is 3.47. The number of anilines is 1. The fourth-order valence-electron chi connectivity index (χ4n) is 2.91. The van der Waals surface area contributed by atoms with E-state index >= 15 is 0 Å². The number of sulfonamides is 1. The number of nitrogens with zero attached hydrogens (tertiary/aromatic N) is 1. The van der Waals surface area contributed by atoms with E-state index in [1.807, 2.05) is 18.2 Å². The SMILES string of the molecule is O=S(=O)(NC1CN(c2ccc(O)cc2)C1)c1ccc2cc[nH]c2c1. The lowest BCUT2D eigenvalue weighted by atomic mass is 10.1. The van der Waals surface area contributed by atoms with Crippen LogP contribution < -0.4 is 9.62 Å². The predicted molar refractivity (Wildman–Crippen MR) is 92.7 cm³/mol. The molecule has 0 unspecified atom stereocenters. The van der Waals surface area contributed by atoms with Gasteiger partial charge in [0.2, 0.25) is 10.0 Å². The molecule has 3 N–H and O–H groups in total. The molecule has 7 heteroatoms. The number of hydrogen-bond acceptors (Lipinski definition) is 4. The van der Waals surface area contributed by atoms with Gasteiger partial charge in [-0.15, -0.1) is 0 Å². The maximum Gasteiger partial charge on any atom is 0.241 e. The van der Waals surface area contributed by atoms with E-state index < -0.39 is 10.0 Å². The van der Waals surface area contributed by atoms with Crippen molar-refractivity contribution in [2.45, 2.75) is 10.9 Å². The van der Waals surface area contributed by atoms with E-state index in [0.29, 0.717) is 13.1 Å². The van der Waals surface area contributed by atoms with Crippen molar-refractivity contribution >= 4 is 26.6 Å². The lowest BCUT2D eigenvalue weighted by Crippen LogP contribution is -2.59. The van der Waals surface area contributed by atoms with Crippen molar-refractivity contribution in [3.8, 4) is 5.75 Å². The first-order valence-electron chi connectivity index (χ1n) is 7.65. The second-order valence-corrected chi connectivity index (χ2v) is 7.68. The van der Waals surface area contributed by atoms with Crippen molar-refractivity contribution in [1.82, 2.24) is 9.71 Å². The van der Waals surface area contributed by atoms with Crippen LogP contribution in [0, 0.1) is 0 Å². The average Bonchev–Trinajstić information content (AvgIpc) is 2.99. The molecular formula is C17H17N3O3S. The minimum Gasteiger partial charge on any atom is -0.508 e. The fraction of sp³-hybridized carbons (Fsp3) is 0.176. The smallest absolute Gasteiger partial charge is 0.241 e. The fourth-order valence-corrected chi connectivity index (χ4v) is 4.15. The third-order valence-electron chi connectivity index (χ3n) is 4.26. The van der Waals surface area contributed by atoms with Gasteiger partial charge in [-0.05, 0) is 47.9 Å². The van der Waals surface area contributed by atoms with Crippen LogP contribution in [-0.4, -0.2) is 37.6 Å². The summed E-state index contributed by atoms with van der Waals surface area (Å²) in [6.07, 6.45) is 1.79. The molecule has 0 saturated carbocycles. The van der Waals surface area contributed by atoms with Crippen LogP contribution in [0.15, 0.2) is 59.6 Å². The molecule has 1 aliphatic rings. The summed E-state index contributed by atoms with van der Waals surface area (Å²) in [4.78, 5) is 5.35. The van der Waals surface area contributed by atoms with Crippen LogP contribution in [-0.2, 0) is 10.0 Å². The Balaban J connectivity index is 1.44. The average molecular weight is 343 g/mol. The zero-order valence-electron chi connectivity index (χ0n) is 12.8. The lowest BCUT2D eigenvalue weighted by molar-refractivity contribution is 0.466. The van der Waals surface area contributed by atoms with E-state index in [1.165, 1.54) is 0 Å². The Labute approximate surface area is 139 Å². The molecule has 24 heavy (non-hydrogen) atoms. The van der Waals surface area contributed by atoms with Gasteiger partial charge in [-0.3, -0.25) is 0 Å². The number of fused-ring (bicyclic) bond motifs is 1. The summed E-state index contributed by atoms with van der Waals surface area (Å²) in [5.41, 5.74) is 1.77. The number of phenols is 1. The zero-order valence-corrected chi connectivity index (χ0v) is 13.6. The first-order valence-corrected chi connectivity index (χ1v) is 9.13. The Bertz CT molecular complexity index is 974. The number of nitrogens with one attached hydrogen (secondary N) is 2. The van der Waals surface area contributed by atoms with Gasteiger partial charge in [0.05, 0.1) is 10.9 Å². The number of rotatable bonds is 4. The Morgan fingerprint density at radius 3 is 2.58 bits per heavy atom. The van der Waals surface area contributed by atoms with Crippen LogP contribution in [0.5, 0.6) is 5.75 Å². The summed E-state index contributed by atoms with van der Waals surface area (Å²) in [5.74, 6) is 0.219. The topological polar surface area (TPSA) is 85.4 Å². The minimum atomic E-state index is -3.54. The summed E-state index contributed by atoms with van der Waals surface area (Å²) < 4.78 is 27.8. The number of benzene rings is 2. The van der Waals surface area contributed by atoms with Crippen LogP contribution in [0.1, 0.15) is 0 Å². The molecule has 2 heterocycles. The molecule has 1 fully saturated rings. The zero-order chi connectivity index (χ0) is 16.7. The van der Waals surface area contributed by atoms with Crippen molar-refractivity contribution in [2.24, 2.45) is 0 Å². The molecule has 6 nitrogen and oxygen atoms in total. The second kappa shape index (κ2) is 5.54. The van der Waals surface area contributed by atoms with Gasteiger partial charge in [0.15, 0.2) is 0 Å². The highest BCUT2D eigenvalue weighted by molar-refractivity contribution is 7.89. The molecule has 0 radical (unpaired) electrons. The molecule has 0 aliphatic carbocycles. The lowest BCUT2D eigenvalue weighted by Gasteiger charge is -2.41. The molecule has 3 aromatic rings. The first kappa shape index (κ1) is 15.0. The molecule has 0 spiro atoms. The maximum atomic E-state index is 12.5. The van der Waals surface area contributed by atoms with Crippen molar-refractivity contribution in [2.75, 3.05) is 18.0 Å². The number of aromatic hydroxyl groups is 1. The Morgan fingerprint density at radius 2 is 1.83 bits per heavy atom. The highest BCUT2D eigenvalue weighted by Crippen LogP contribution is 2.24. The third-order valence-corrected chi connectivity index (χ3v) is 5.77. The van der Waals surface area contributed by atoms with Gasteiger partial charge in [0.25, 0.3) is 0 Å². The summed E-state index contributed by atoms with van der Waals surface area (Å²) in [6, 6.07) is 13.7. The molecule has 2 aromatic carbocycles. The third kappa shape index (κ3) is 2.72. The second-order valence-electron chi connectivity index (χ2n) is 5.97.